The first kappa shape index (κ1) is 11.7. The van der Waals surface area contributed by atoms with E-state index in [9.17, 15) is 8.78 Å². The third-order valence-corrected chi connectivity index (χ3v) is 4.03. The maximum atomic E-state index is 13.0. The summed E-state index contributed by atoms with van der Waals surface area (Å²) in [5.41, 5.74) is 7.39. The molecule has 1 heterocycles. The van der Waals surface area contributed by atoms with E-state index < -0.39 is 17.7 Å². The highest BCUT2D eigenvalue weighted by Crippen LogP contribution is 2.30. The topological polar surface area (TPSA) is 26.0 Å². The van der Waals surface area contributed by atoms with Crippen molar-refractivity contribution in [1.29, 1.82) is 0 Å². The number of nitrogens with two attached hydrogens (primary N) is 1. The van der Waals surface area contributed by atoms with Gasteiger partial charge in [-0.3, -0.25) is 0 Å². The van der Waals surface area contributed by atoms with Crippen LogP contribution in [0.5, 0.6) is 0 Å². The SMILES string of the molecule is NC(c1ccc(F)c(F)c1)c1cscc1Br. The summed E-state index contributed by atoms with van der Waals surface area (Å²) in [5, 5.41) is 3.78. The van der Waals surface area contributed by atoms with Crippen molar-refractivity contribution in [2.75, 3.05) is 0 Å². The highest BCUT2D eigenvalue weighted by Gasteiger charge is 2.14. The third kappa shape index (κ3) is 2.16. The summed E-state index contributed by atoms with van der Waals surface area (Å²) in [4.78, 5) is 0. The smallest absolute Gasteiger partial charge is 0.159 e. The zero-order valence-electron chi connectivity index (χ0n) is 8.08. The molecule has 1 aromatic carbocycles. The third-order valence-electron chi connectivity index (χ3n) is 2.28. The van der Waals surface area contributed by atoms with Crippen LogP contribution >= 0.6 is 27.3 Å². The molecule has 5 heteroatoms. The van der Waals surface area contributed by atoms with Crippen molar-refractivity contribution in [3.05, 3.63) is 56.2 Å². The Morgan fingerprint density at radius 3 is 2.50 bits per heavy atom. The minimum absolute atomic E-state index is 0.448. The van der Waals surface area contributed by atoms with Gasteiger partial charge in [0.05, 0.1) is 6.04 Å². The number of hydrogen-bond acceptors (Lipinski definition) is 2. The van der Waals surface area contributed by atoms with Crippen LogP contribution in [0.15, 0.2) is 33.4 Å². The van der Waals surface area contributed by atoms with Crippen LogP contribution in [0.3, 0.4) is 0 Å². The maximum Gasteiger partial charge on any atom is 0.159 e. The highest BCUT2D eigenvalue weighted by molar-refractivity contribution is 9.10. The lowest BCUT2D eigenvalue weighted by molar-refractivity contribution is 0.506. The van der Waals surface area contributed by atoms with Gasteiger partial charge in [-0.2, -0.15) is 11.3 Å². The summed E-state index contributed by atoms with van der Waals surface area (Å²) in [7, 11) is 0. The summed E-state index contributed by atoms with van der Waals surface area (Å²) in [6.07, 6.45) is 0. The summed E-state index contributed by atoms with van der Waals surface area (Å²) in [6.45, 7) is 0. The predicted octanol–water partition coefficient (Wildman–Crippen LogP) is 3.84. The molecule has 84 valence electrons. The van der Waals surface area contributed by atoms with E-state index in [1.54, 1.807) is 0 Å². The minimum atomic E-state index is -0.876. The van der Waals surface area contributed by atoms with Crippen LogP contribution in [0.4, 0.5) is 8.78 Å². The molecule has 0 saturated heterocycles. The molecule has 0 fully saturated rings. The normalized spacial score (nSPS) is 12.8. The molecule has 2 rings (SSSR count). The maximum absolute atomic E-state index is 13.0. The van der Waals surface area contributed by atoms with Crippen LogP contribution in [0.25, 0.3) is 0 Å². The lowest BCUT2D eigenvalue weighted by atomic mass is 10.0. The van der Waals surface area contributed by atoms with Gasteiger partial charge in [-0.15, -0.1) is 0 Å². The highest BCUT2D eigenvalue weighted by atomic mass is 79.9. The molecule has 0 aliphatic heterocycles. The number of hydrogen-bond donors (Lipinski definition) is 1. The Labute approximate surface area is 104 Å². The first-order valence-electron chi connectivity index (χ1n) is 4.51. The van der Waals surface area contributed by atoms with Gasteiger partial charge >= 0.3 is 0 Å². The predicted molar refractivity (Wildman–Crippen MR) is 64.4 cm³/mol. The van der Waals surface area contributed by atoms with Crippen LogP contribution in [0, 0.1) is 11.6 Å². The second kappa shape index (κ2) is 4.61. The molecule has 0 saturated carbocycles. The number of rotatable bonds is 2. The van der Waals surface area contributed by atoms with Crippen molar-refractivity contribution < 1.29 is 8.78 Å². The monoisotopic (exact) mass is 303 g/mol. The number of halogens is 3. The molecule has 1 nitrogen and oxygen atoms in total. The fourth-order valence-electron chi connectivity index (χ4n) is 1.40. The average molecular weight is 304 g/mol. The first-order chi connectivity index (χ1) is 7.59. The Hall–Kier alpha value is -0.780. The fraction of sp³-hybridized carbons (Fsp3) is 0.0909. The van der Waals surface area contributed by atoms with Gasteiger partial charge < -0.3 is 5.73 Å². The quantitative estimate of drug-likeness (QED) is 0.896. The summed E-state index contributed by atoms with van der Waals surface area (Å²) >= 11 is 4.86. The van der Waals surface area contributed by atoms with Crippen molar-refractivity contribution in [2.24, 2.45) is 5.73 Å². The van der Waals surface area contributed by atoms with Crippen molar-refractivity contribution in [2.45, 2.75) is 6.04 Å². The fourth-order valence-corrected chi connectivity index (χ4v) is 2.98. The first-order valence-corrected chi connectivity index (χ1v) is 6.25. The Morgan fingerprint density at radius 2 is 1.94 bits per heavy atom. The number of thiophene rings is 1. The van der Waals surface area contributed by atoms with Crippen molar-refractivity contribution >= 4 is 27.3 Å². The van der Waals surface area contributed by atoms with Gasteiger partial charge in [-0.25, -0.2) is 8.78 Å². The summed E-state index contributed by atoms with van der Waals surface area (Å²) in [6, 6.07) is 3.26. The van der Waals surface area contributed by atoms with Crippen molar-refractivity contribution in [1.82, 2.24) is 0 Å². The van der Waals surface area contributed by atoms with E-state index in [-0.39, 0.29) is 0 Å². The second-order valence-corrected chi connectivity index (χ2v) is 4.92. The molecule has 16 heavy (non-hydrogen) atoms. The molecule has 0 aliphatic carbocycles. The lowest BCUT2D eigenvalue weighted by Crippen LogP contribution is -2.11. The molecule has 0 bridgehead atoms. The van der Waals surface area contributed by atoms with E-state index in [0.29, 0.717) is 5.56 Å². The van der Waals surface area contributed by atoms with E-state index in [2.05, 4.69) is 15.9 Å². The van der Waals surface area contributed by atoms with E-state index in [1.165, 1.54) is 17.4 Å². The zero-order chi connectivity index (χ0) is 11.7. The largest absolute Gasteiger partial charge is 0.320 e. The van der Waals surface area contributed by atoms with Gasteiger partial charge in [0.15, 0.2) is 11.6 Å². The van der Waals surface area contributed by atoms with Gasteiger partial charge in [-0.05, 0) is 44.6 Å². The van der Waals surface area contributed by atoms with Gasteiger partial charge in [-0.1, -0.05) is 6.07 Å². The molecular weight excluding hydrogens is 296 g/mol. The molecule has 1 atom stereocenters. The molecule has 1 unspecified atom stereocenters. The molecular formula is C11H8BrF2NS. The molecule has 2 aromatic rings. The number of benzene rings is 1. The standard InChI is InChI=1S/C11H8BrF2NS/c12-8-5-16-4-7(8)11(15)6-1-2-9(13)10(14)3-6/h1-5,11H,15H2. The summed E-state index contributed by atoms with van der Waals surface area (Å²) < 4.78 is 26.7. The van der Waals surface area contributed by atoms with Gasteiger partial charge in [0, 0.05) is 9.85 Å². The van der Waals surface area contributed by atoms with Crippen LogP contribution in [-0.4, -0.2) is 0 Å². The van der Waals surface area contributed by atoms with E-state index in [4.69, 9.17) is 5.73 Å². The van der Waals surface area contributed by atoms with Crippen molar-refractivity contribution in [3.63, 3.8) is 0 Å². The van der Waals surface area contributed by atoms with Crippen LogP contribution < -0.4 is 5.73 Å². The molecule has 2 N–H and O–H groups in total. The molecule has 0 radical (unpaired) electrons. The molecule has 0 spiro atoms. The van der Waals surface area contributed by atoms with Gasteiger partial charge in [0.25, 0.3) is 0 Å². The van der Waals surface area contributed by atoms with Gasteiger partial charge in [0.2, 0.25) is 0 Å². The van der Waals surface area contributed by atoms with Crippen LogP contribution in [-0.2, 0) is 0 Å². The second-order valence-electron chi connectivity index (χ2n) is 3.33. The Morgan fingerprint density at radius 1 is 1.19 bits per heavy atom. The zero-order valence-corrected chi connectivity index (χ0v) is 10.5. The Kier molecular flexibility index (Phi) is 3.37. The van der Waals surface area contributed by atoms with Crippen LogP contribution in [0.1, 0.15) is 17.2 Å². The van der Waals surface area contributed by atoms with E-state index >= 15 is 0 Å². The van der Waals surface area contributed by atoms with Gasteiger partial charge in [0.1, 0.15) is 0 Å². The summed E-state index contributed by atoms with van der Waals surface area (Å²) in [5.74, 6) is -1.74. The molecule has 1 aromatic heterocycles. The lowest BCUT2D eigenvalue weighted by Gasteiger charge is -2.11. The van der Waals surface area contributed by atoms with E-state index in [0.717, 1.165) is 22.2 Å². The van der Waals surface area contributed by atoms with E-state index in [1.807, 2.05) is 10.8 Å². The molecule has 0 amide bonds. The Bertz CT molecular complexity index is 512. The van der Waals surface area contributed by atoms with Crippen LogP contribution in [0.2, 0.25) is 0 Å². The minimum Gasteiger partial charge on any atom is -0.320 e. The average Bonchev–Trinajstić information content (AvgIpc) is 2.67. The molecule has 0 aliphatic rings. The Balaban J connectivity index is 2.38. The van der Waals surface area contributed by atoms with Crippen molar-refractivity contribution in [3.8, 4) is 0 Å².